The summed E-state index contributed by atoms with van der Waals surface area (Å²) in [6, 6.07) is 6.13. The SMILES string of the molecule is COc1ccc(C(C)C)c([Se])c1. The van der Waals surface area contributed by atoms with Crippen molar-refractivity contribution in [2.45, 2.75) is 19.8 Å². The first-order valence-corrected chi connectivity index (χ1v) is 4.85. The molecule has 0 aliphatic carbocycles. The van der Waals surface area contributed by atoms with Crippen LogP contribution in [0.3, 0.4) is 0 Å². The molecule has 0 unspecified atom stereocenters. The molecule has 0 spiro atoms. The van der Waals surface area contributed by atoms with E-state index in [1.165, 1.54) is 10.0 Å². The molecule has 0 atom stereocenters. The Hall–Kier alpha value is -0.461. The molecule has 1 radical (unpaired) electrons. The van der Waals surface area contributed by atoms with Crippen LogP contribution >= 0.6 is 0 Å². The van der Waals surface area contributed by atoms with Crippen LogP contribution in [0.5, 0.6) is 5.75 Å². The summed E-state index contributed by atoms with van der Waals surface area (Å²) in [5, 5.41) is 0. The first-order valence-electron chi connectivity index (χ1n) is 4.00. The summed E-state index contributed by atoms with van der Waals surface area (Å²) in [4.78, 5) is 0. The van der Waals surface area contributed by atoms with Crippen LogP contribution in [0.2, 0.25) is 0 Å². The second kappa shape index (κ2) is 3.97. The molecule has 65 valence electrons. The topological polar surface area (TPSA) is 9.23 Å². The van der Waals surface area contributed by atoms with Crippen LogP contribution in [0.1, 0.15) is 25.3 Å². The van der Waals surface area contributed by atoms with Gasteiger partial charge in [0.05, 0.1) is 0 Å². The number of rotatable bonds is 2. The van der Waals surface area contributed by atoms with Crippen LogP contribution in [0.25, 0.3) is 0 Å². The third kappa shape index (κ3) is 2.02. The average Bonchev–Trinajstić information content (AvgIpc) is 2.03. The molecule has 2 heteroatoms. The Bertz CT molecular complexity index is 269. The summed E-state index contributed by atoms with van der Waals surface area (Å²) < 4.78 is 6.29. The molecule has 0 aliphatic rings. The molecule has 1 nitrogen and oxygen atoms in total. The van der Waals surface area contributed by atoms with E-state index in [-0.39, 0.29) is 0 Å². The number of benzene rings is 1. The average molecular weight is 228 g/mol. The Morgan fingerprint density at radius 2 is 2.00 bits per heavy atom. The summed E-state index contributed by atoms with van der Waals surface area (Å²) in [5.74, 6) is 1.47. The molecule has 0 heterocycles. The van der Waals surface area contributed by atoms with Gasteiger partial charge in [-0.15, -0.1) is 0 Å². The van der Waals surface area contributed by atoms with Gasteiger partial charge < -0.3 is 0 Å². The van der Waals surface area contributed by atoms with Crippen molar-refractivity contribution < 1.29 is 4.74 Å². The third-order valence-corrected chi connectivity index (χ3v) is 2.58. The van der Waals surface area contributed by atoms with E-state index >= 15 is 0 Å². The van der Waals surface area contributed by atoms with Crippen molar-refractivity contribution >= 4 is 20.5 Å². The van der Waals surface area contributed by atoms with E-state index in [1.807, 2.05) is 12.1 Å². The minimum atomic E-state index is 0.562. The minimum absolute atomic E-state index is 0.562. The van der Waals surface area contributed by atoms with Gasteiger partial charge in [0, 0.05) is 0 Å². The normalized spacial score (nSPS) is 10.3. The van der Waals surface area contributed by atoms with Crippen LogP contribution in [0.4, 0.5) is 0 Å². The molecular weight excluding hydrogens is 215 g/mol. The summed E-state index contributed by atoms with van der Waals surface area (Å²) in [6.07, 6.45) is 0. The molecule has 0 bridgehead atoms. The Morgan fingerprint density at radius 3 is 2.42 bits per heavy atom. The van der Waals surface area contributed by atoms with E-state index in [9.17, 15) is 0 Å². The number of hydrogen-bond acceptors (Lipinski definition) is 1. The van der Waals surface area contributed by atoms with E-state index in [0.29, 0.717) is 5.92 Å². The fraction of sp³-hybridized carbons (Fsp3) is 0.400. The van der Waals surface area contributed by atoms with Crippen molar-refractivity contribution in [1.82, 2.24) is 0 Å². The van der Waals surface area contributed by atoms with E-state index < -0.39 is 0 Å². The summed E-state index contributed by atoms with van der Waals surface area (Å²) >= 11 is 3.05. The monoisotopic (exact) mass is 229 g/mol. The van der Waals surface area contributed by atoms with Crippen molar-refractivity contribution in [2.24, 2.45) is 0 Å². The van der Waals surface area contributed by atoms with Gasteiger partial charge in [0.15, 0.2) is 0 Å². The second-order valence-corrected chi connectivity index (χ2v) is 3.98. The zero-order valence-corrected chi connectivity index (χ0v) is 9.34. The molecule has 0 aliphatic heterocycles. The molecule has 1 aromatic rings. The molecule has 1 aromatic carbocycles. The Labute approximate surface area is 81.9 Å². The summed E-state index contributed by atoms with van der Waals surface area (Å²) in [7, 11) is 1.68. The maximum absolute atomic E-state index is 5.11. The van der Waals surface area contributed by atoms with Crippen molar-refractivity contribution in [2.75, 3.05) is 7.11 Å². The molecule has 0 saturated heterocycles. The van der Waals surface area contributed by atoms with E-state index in [1.54, 1.807) is 7.11 Å². The second-order valence-electron chi connectivity index (χ2n) is 3.06. The third-order valence-electron chi connectivity index (χ3n) is 1.84. The molecular formula is C10H13OSe. The van der Waals surface area contributed by atoms with Gasteiger partial charge in [-0.1, -0.05) is 0 Å². The van der Waals surface area contributed by atoms with Gasteiger partial charge in [0.2, 0.25) is 0 Å². The van der Waals surface area contributed by atoms with Crippen molar-refractivity contribution in [3.63, 3.8) is 0 Å². The quantitative estimate of drug-likeness (QED) is 0.699. The molecule has 0 saturated carbocycles. The number of ether oxygens (including phenoxy) is 1. The van der Waals surface area contributed by atoms with E-state index in [2.05, 4.69) is 35.9 Å². The number of methoxy groups -OCH3 is 1. The van der Waals surface area contributed by atoms with Crippen LogP contribution in [0.15, 0.2) is 18.2 Å². The predicted octanol–water partition coefficient (Wildman–Crippen LogP) is 1.61. The van der Waals surface area contributed by atoms with Gasteiger partial charge >= 0.3 is 81.6 Å². The number of hydrogen-bond donors (Lipinski definition) is 0. The zero-order valence-electron chi connectivity index (χ0n) is 7.63. The van der Waals surface area contributed by atoms with Gasteiger partial charge in [-0.25, -0.2) is 0 Å². The van der Waals surface area contributed by atoms with Crippen molar-refractivity contribution in [1.29, 1.82) is 0 Å². The summed E-state index contributed by atoms with van der Waals surface area (Å²) in [5.41, 5.74) is 1.34. The first kappa shape index (κ1) is 9.63. The predicted molar refractivity (Wildman–Crippen MR) is 52.5 cm³/mol. The van der Waals surface area contributed by atoms with Crippen molar-refractivity contribution in [3.05, 3.63) is 23.8 Å². The maximum atomic E-state index is 5.11. The molecule has 0 amide bonds. The van der Waals surface area contributed by atoms with Gasteiger partial charge in [0.1, 0.15) is 0 Å². The van der Waals surface area contributed by atoms with E-state index in [4.69, 9.17) is 4.74 Å². The molecule has 0 aromatic heterocycles. The summed E-state index contributed by atoms with van der Waals surface area (Å²) in [6.45, 7) is 4.37. The van der Waals surface area contributed by atoms with Crippen molar-refractivity contribution in [3.8, 4) is 5.75 Å². The molecule has 12 heavy (non-hydrogen) atoms. The molecule has 1 rings (SSSR count). The van der Waals surface area contributed by atoms with Crippen LogP contribution in [0, 0.1) is 0 Å². The van der Waals surface area contributed by atoms with Gasteiger partial charge in [-0.05, 0) is 0 Å². The van der Waals surface area contributed by atoms with Gasteiger partial charge in [0.25, 0.3) is 0 Å². The van der Waals surface area contributed by atoms with E-state index in [0.717, 1.165) is 5.75 Å². The zero-order chi connectivity index (χ0) is 9.14. The van der Waals surface area contributed by atoms with Crippen LogP contribution < -0.4 is 9.20 Å². The Kier molecular flexibility index (Phi) is 3.19. The standard InChI is InChI=1S/C10H13OSe/c1-7(2)9-5-4-8(11-3)6-10(9)12/h4-7H,1-3H3. The van der Waals surface area contributed by atoms with Gasteiger partial charge in [-0.3, -0.25) is 0 Å². The Balaban J connectivity index is 3.03. The molecule has 0 fully saturated rings. The van der Waals surface area contributed by atoms with Crippen LogP contribution in [-0.2, 0) is 0 Å². The fourth-order valence-corrected chi connectivity index (χ4v) is 2.00. The molecule has 0 N–H and O–H groups in total. The fourth-order valence-electron chi connectivity index (χ4n) is 1.12. The Morgan fingerprint density at radius 1 is 1.33 bits per heavy atom. The van der Waals surface area contributed by atoms with Gasteiger partial charge in [-0.2, -0.15) is 0 Å². The van der Waals surface area contributed by atoms with Crippen LogP contribution in [-0.4, -0.2) is 23.1 Å². The first-order chi connectivity index (χ1) is 5.65.